The summed E-state index contributed by atoms with van der Waals surface area (Å²) in [5.41, 5.74) is 1.18. The van der Waals surface area contributed by atoms with Crippen LogP contribution in [0.3, 0.4) is 0 Å². The summed E-state index contributed by atoms with van der Waals surface area (Å²) in [7, 11) is 0. The number of nitrogens with zero attached hydrogens (tertiary/aromatic N) is 2. The summed E-state index contributed by atoms with van der Waals surface area (Å²) in [5.74, 6) is -0.534. The smallest absolute Gasteiger partial charge is 0.271 e. The molecule has 1 aromatic heterocycles. The summed E-state index contributed by atoms with van der Waals surface area (Å²) in [6, 6.07) is 10.8. The molecule has 0 aliphatic carbocycles. The lowest BCUT2D eigenvalue weighted by molar-refractivity contribution is 0.0608. The summed E-state index contributed by atoms with van der Waals surface area (Å²) in [4.78, 5) is 25.6. The van der Waals surface area contributed by atoms with E-state index in [1.165, 1.54) is 21.7 Å². The Hall–Kier alpha value is -2.56. The summed E-state index contributed by atoms with van der Waals surface area (Å²) >= 11 is 0. The lowest BCUT2D eigenvalue weighted by Crippen LogP contribution is -2.43. The van der Waals surface area contributed by atoms with Crippen LogP contribution in [0.4, 0.5) is 0 Å². The number of carbonyl (C=O) groups is 2. The summed E-state index contributed by atoms with van der Waals surface area (Å²) < 4.78 is 1.21. The molecule has 1 aliphatic rings. The van der Waals surface area contributed by atoms with Gasteiger partial charge >= 0.3 is 0 Å². The molecule has 1 N–H and O–H groups in total. The Morgan fingerprint density at radius 2 is 1.89 bits per heavy atom. The van der Waals surface area contributed by atoms with E-state index in [0.29, 0.717) is 6.54 Å². The van der Waals surface area contributed by atoms with Gasteiger partial charge in [0, 0.05) is 12.6 Å². The minimum absolute atomic E-state index is 0.0227. The number of amides is 1. The summed E-state index contributed by atoms with van der Waals surface area (Å²) in [5, 5.41) is 9.39. The molecule has 0 fully saturated rings. The minimum Gasteiger partial charge on any atom is -0.506 e. The SMILES string of the molecule is O=C1c2cc(O)cn2C(=O)CN1Cc1ccccc1. The van der Waals surface area contributed by atoms with Crippen molar-refractivity contribution in [3.05, 3.63) is 53.9 Å². The van der Waals surface area contributed by atoms with Gasteiger partial charge in [-0.1, -0.05) is 30.3 Å². The third-order valence-electron chi connectivity index (χ3n) is 3.12. The third-order valence-corrected chi connectivity index (χ3v) is 3.12. The number of rotatable bonds is 2. The number of hydrogen-bond acceptors (Lipinski definition) is 3. The van der Waals surface area contributed by atoms with Gasteiger partial charge in [0.25, 0.3) is 11.8 Å². The van der Waals surface area contributed by atoms with Gasteiger partial charge in [-0.25, -0.2) is 0 Å². The number of carbonyl (C=O) groups excluding carboxylic acids is 2. The highest BCUT2D eigenvalue weighted by atomic mass is 16.3. The maximum atomic E-state index is 12.2. The molecule has 96 valence electrons. The van der Waals surface area contributed by atoms with Crippen LogP contribution >= 0.6 is 0 Å². The van der Waals surface area contributed by atoms with E-state index < -0.39 is 0 Å². The fraction of sp³-hybridized carbons (Fsp3) is 0.143. The molecule has 2 aromatic rings. The summed E-state index contributed by atoms with van der Waals surface area (Å²) in [6.07, 6.45) is 1.27. The molecule has 1 amide bonds. The van der Waals surface area contributed by atoms with Crippen LogP contribution in [0.1, 0.15) is 20.8 Å². The first-order valence-electron chi connectivity index (χ1n) is 5.93. The maximum Gasteiger partial charge on any atom is 0.271 e. The molecule has 3 rings (SSSR count). The molecule has 0 spiro atoms. The van der Waals surface area contributed by atoms with Crippen LogP contribution in [0.25, 0.3) is 0 Å². The number of benzene rings is 1. The highest BCUT2D eigenvalue weighted by Gasteiger charge is 2.30. The molecular weight excluding hydrogens is 244 g/mol. The molecule has 2 heterocycles. The van der Waals surface area contributed by atoms with Crippen LogP contribution < -0.4 is 0 Å². The highest BCUT2D eigenvalue weighted by Crippen LogP contribution is 2.21. The van der Waals surface area contributed by atoms with Crippen molar-refractivity contribution in [3.8, 4) is 5.75 Å². The van der Waals surface area contributed by atoms with E-state index >= 15 is 0 Å². The Balaban J connectivity index is 1.90. The second-order valence-corrected chi connectivity index (χ2v) is 4.49. The molecule has 5 heteroatoms. The lowest BCUT2D eigenvalue weighted by Gasteiger charge is -2.26. The van der Waals surface area contributed by atoms with Gasteiger partial charge in [-0.2, -0.15) is 0 Å². The van der Waals surface area contributed by atoms with Gasteiger partial charge in [-0.3, -0.25) is 14.2 Å². The minimum atomic E-state index is -0.247. The van der Waals surface area contributed by atoms with Crippen LogP contribution in [-0.2, 0) is 6.54 Å². The monoisotopic (exact) mass is 256 g/mol. The topological polar surface area (TPSA) is 62.5 Å². The van der Waals surface area contributed by atoms with Gasteiger partial charge in [0.1, 0.15) is 18.0 Å². The largest absolute Gasteiger partial charge is 0.506 e. The van der Waals surface area contributed by atoms with E-state index in [1.807, 2.05) is 30.3 Å². The number of aromatic hydroxyl groups is 1. The molecule has 0 saturated heterocycles. The van der Waals surface area contributed by atoms with Gasteiger partial charge in [0.2, 0.25) is 0 Å². The predicted molar refractivity (Wildman–Crippen MR) is 67.9 cm³/mol. The van der Waals surface area contributed by atoms with Gasteiger partial charge in [0.15, 0.2) is 0 Å². The molecule has 0 radical (unpaired) electrons. The van der Waals surface area contributed by atoms with E-state index in [1.54, 1.807) is 0 Å². The standard InChI is InChI=1S/C14H12N2O3/c17-11-6-12-14(19)15(9-13(18)16(12)8-11)7-10-4-2-1-3-5-10/h1-6,8,17H,7,9H2. The Kier molecular flexibility index (Phi) is 2.59. The van der Waals surface area contributed by atoms with Crippen molar-refractivity contribution in [2.24, 2.45) is 0 Å². The zero-order valence-corrected chi connectivity index (χ0v) is 10.1. The Morgan fingerprint density at radius 1 is 1.16 bits per heavy atom. The van der Waals surface area contributed by atoms with Gasteiger partial charge in [-0.05, 0) is 5.56 Å². The van der Waals surface area contributed by atoms with Crippen LogP contribution in [-0.4, -0.2) is 32.9 Å². The van der Waals surface area contributed by atoms with Crippen LogP contribution in [0.15, 0.2) is 42.6 Å². The molecule has 0 unspecified atom stereocenters. The van der Waals surface area contributed by atoms with E-state index in [-0.39, 0.29) is 29.8 Å². The Bertz CT molecular complexity index is 646. The molecule has 5 nitrogen and oxygen atoms in total. The molecule has 19 heavy (non-hydrogen) atoms. The van der Waals surface area contributed by atoms with Gasteiger partial charge in [-0.15, -0.1) is 0 Å². The van der Waals surface area contributed by atoms with E-state index in [0.717, 1.165) is 5.56 Å². The zero-order chi connectivity index (χ0) is 13.4. The van der Waals surface area contributed by atoms with Crippen LogP contribution in [0.5, 0.6) is 5.75 Å². The normalized spacial score (nSPS) is 14.6. The molecular formula is C14H12N2O3. The first kappa shape index (κ1) is 11.5. The average Bonchev–Trinajstić information content (AvgIpc) is 2.80. The van der Waals surface area contributed by atoms with E-state index in [2.05, 4.69) is 0 Å². The fourth-order valence-corrected chi connectivity index (χ4v) is 2.22. The second kappa shape index (κ2) is 4.28. The summed E-state index contributed by atoms with van der Waals surface area (Å²) in [6.45, 7) is 0.409. The van der Waals surface area contributed by atoms with Crippen molar-refractivity contribution >= 4 is 11.8 Å². The zero-order valence-electron chi connectivity index (χ0n) is 10.1. The van der Waals surface area contributed by atoms with Gasteiger partial charge in [0.05, 0.1) is 6.20 Å². The van der Waals surface area contributed by atoms with Crippen molar-refractivity contribution in [2.45, 2.75) is 6.54 Å². The van der Waals surface area contributed by atoms with E-state index in [4.69, 9.17) is 0 Å². The fourth-order valence-electron chi connectivity index (χ4n) is 2.22. The third kappa shape index (κ3) is 1.99. The maximum absolute atomic E-state index is 12.2. The van der Waals surface area contributed by atoms with Crippen molar-refractivity contribution in [1.29, 1.82) is 0 Å². The van der Waals surface area contributed by atoms with Crippen LogP contribution in [0.2, 0.25) is 0 Å². The van der Waals surface area contributed by atoms with E-state index in [9.17, 15) is 14.7 Å². The Labute approximate surface area is 109 Å². The van der Waals surface area contributed by atoms with Crippen molar-refractivity contribution in [2.75, 3.05) is 6.54 Å². The molecule has 1 aliphatic heterocycles. The van der Waals surface area contributed by atoms with Crippen molar-refractivity contribution in [3.63, 3.8) is 0 Å². The second-order valence-electron chi connectivity index (χ2n) is 4.49. The Morgan fingerprint density at radius 3 is 2.63 bits per heavy atom. The quantitative estimate of drug-likeness (QED) is 0.885. The van der Waals surface area contributed by atoms with Crippen molar-refractivity contribution < 1.29 is 14.7 Å². The lowest BCUT2D eigenvalue weighted by atomic mass is 10.2. The number of fused-ring (bicyclic) bond motifs is 1. The number of hydrogen-bond donors (Lipinski definition) is 1. The molecule has 0 saturated carbocycles. The van der Waals surface area contributed by atoms with Gasteiger partial charge < -0.3 is 10.0 Å². The van der Waals surface area contributed by atoms with Crippen LogP contribution in [0, 0.1) is 0 Å². The number of aromatic nitrogens is 1. The first-order valence-corrected chi connectivity index (χ1v) is 5.93. The predicted octanol–water partition coefficient (Wildman–Crippen LogP) is 1.49. The van der Waals surface area contributed by atoms with Crippen molar-refractivity contribution in [1.82, 2.24) is 9.47 Å². The first-order chi connectivity index (χ1) is 9.15. The molecule has 0 bridgehead atoms. The highest BCUT2D eigenvalue weighted by molar-refractivity contribution is 6.03. The average molecular weight is 256 g/mol. The molecule has 1 aromatic carbocycles. The molecule has 0 atom stereocenters.